The second-order valence-electron chi connectivity index (χ2n) is 4.47. The van der Waals surface area contributed by atoms with Crippen molar-refractivity contribution in [2.75, 3.05) is 13.1 Å². The Bertz CT molecular complexity index is 181. The number of amides is 1. The van der Waals surface area contributed by atoms with Gasteiger partial charge >= 0.3 is 0 Å². The van der Waals surface area contributed by atoms with E-state index in [1.807, 2.05) is 27.7 Å². The molecule has 0 radical (unpaired) electrons. The van der Waals surface area contributed by atoms with Gasteiger partial charge in [0, 0.05) is 25.6 Å². The summed E-state index contributed by atoms with van der Waals surface area (Å²) in [7, 11) is 0. The van der Waals surface area contributed by atoms with Crippen molar-refractivity contribution in [1.29, 1.82) is 0 Å². The number of nitrogens with one attached hydrogen (secondary N) is 2. The second-order valence-corrected chi connectivity index (χ2v) is 4.47. The molecule has 0 aliphatic heterocycles. The largest absolute Gasteiger partial charge is 0.391 e. The van der Waals surface area contributed by atoms with Crippen molar-refractivity contribution < 1.29 is 9.90 Å². The van der Waals surface area contributed by atoms with E-state index < -0.39 is 6.10 Å². The average molecular weight is 216 g/mol. The van der Waals surface area contributed by atoms with E-state index in [2.05, 4.69) is 10.6 Å². The molecule has 4 nitrogen and oxygen atoms in total. The Kier molecular flexibility index (Phi) is 7.34. The first-order valence-corrected chi connectivity index (χ1v) is 5.61. The SMILES string of the molecule is CC(C)NCCC(=O)NCC(O)C(C)C. The van der Waals surface area contributed by atoms with Crippen molar-refractivity contribution in [3.8, 4) is 0 Å². The van der Waals surface area contributed by atoms with Crippen LogP contribution in [0.4, 0.5) is 0 Å². The van der Waals surface area contributed by atoms with Gasteiger partial charge < -0.3 is 15.7 Å². The number of aliphatic hydroxyl groups excluding tert-OH is 1. The van der Waals surface area contributed by atoms with E-state index in [0.717, 1.165) is 0 Å². The highest BCUT2D eigenvalue weighted by molar-refractivity contribution is 5.76. The highest BCUT2D eigenvalue weighted by Gasteiger charge is 2.10. The van der Waals surface area contributed by atoms with Crippen LogP contribution in [0.1, 0.15) is 34.1 Å². The zero-order chi connectivity index (χ0) is 11.8. The van der Waals surface area contributed by atoms with E-state index in [9.17, 15) is 9.90 Å². The zero-order valence-corrected chi connectivity index (χ0v) is 10.2. The molecule has 15 heavy (non-hydrogen) atoms. The fourth-order valence-corrected chi connectivity index (χ4v) is 1.02. The summed E-state index contributed by atoms with van der Waals surface area (Å²) >= 11 is 0. The fraction of sp³-hybridized carbons (Fsp3) is 0.909. The van der Waals surface area contributed by atoms with Gasteiger partial charge in [-0.15, -0.1) is 0 Å². The van der Waals surface area contributed by atoms with Gasteiger partial charge in [-0.2, -0.15) is 0 Å². The molecule has 0 aliphatic carbocycles. The van der Waals surface area contributed by atoms with Gasteiger partial charge in [0.15, 0.2) is 0 Å². The summed E-state index contributed by atoms with van der Waals surface area (Å²) < 4.78 is 0. The Balaban J connectivity index is 3.49. The molecule has 1 unspecified atom stereocenters. The van der Waals surface area contributed by atoms with Crippen LogP contribution >= 0.6 is 0 Å². The van der Waals surface area contributed by atoms with Crippen LogP contribution in [0.2, 0.25) is 0 Å². The third kappa shape index (κ3) is 8.39. The van der Waals surface area contributed by atoms with Gasteiger partial charge in [-0.25, -0.2) is 0 Å². The average Bonchev–Trinajstić information content (AvgIpc) is 2.13. The van der Waals surface area contributed by atoms with Crippen molar-refractivity contribution in [2.24, 2.45) is 5.92 Å². The summed E-state index contributed by atoms with van der Waals surface area (Å²) in [6, 6.07) is 0.402. The smallest absolute Gasteiger partial charge is 0.221 e. The lowest BCUT2D eigenvalue weighted by molar-refractivity contribution is -0.121. The van der Waals surface area contributed by atoms with Gasteiger partial charge in [0.2, 0.25) is 5.91 Å². The molecule has 0 aliphatic rings. The minimum atomic E-state index is -0.452. The van der Waals surface area contributed by atoms with Gasteiger partial charge in [0.25, 0.3) is 0 Å². The Morgan fingerprint density at radius 2 is 1.87 bits per heavy atom. The van der Waals surface area contributed by atoms with Crippen LogP contribution < -0.4 is 10.6 Å². The summed E-state index contributed by atoms with van der Waals surface area (Å²) in [5.74, 6) is 0.168. The predicted octanol–water partition coefficient (Wildman–Crippen LogP) is 0.508. The molecule has 0 fully saturated rings. The normalized spacial score (nSPS) is 13.3. The molecule has 0 spiro atoms. The minimum Gasteiger partial charge on any atom is -0.391 e. The second kappa shape index (κ2) is 7.65. The summed E-state index contributed by atoms with van der Waals surface area (Å²) in [6.07, 6.45) is 0.00946. The molecule has 0 aromatic carbocycles. The maximum Gasteiger partial charge on any atom is 0.221 e. The molecule has 90 valence electrons. The molecular weight excluding hydrogens is 192 g/mol. The van der Waals surface area contributed by atoms with Gasteiger partial charge in [0.05, 0.1) is 6.10 Å². The first kappa shape index (κ1) is 14.4. The Morgan fingerprint density at radius 1 is 1.27 bits per heavy atom. The molecule has 0 bridgehead atoms. The molecule has 0 rings (SSSR count). The monoisotopic (exact) mass is 216 g/mol. The molecule has 1 atom stereocenters. The summed E-state index contributed by atoms with van der Waals surface area (Å²) in [6.45, 7) is 8.97. The number of hydrogen-bond donors (Lipinski definition) is 3. The Morgan fingerprint density at radius 3 is 2.33 bits per heavy atom. The predicted molar refractivity (Wildman–Crippen MR) is 61.6 cm³/mol. The fourth-order valence-electron chi connectivity index (χ4n) is 1.02. The molecule has 0 heterocycles. The van der Waals surface area contributed by atoms with Crippen molar-refractivity contribution in [2.45, 2.75) is 46.3 Å². The van der Waals surface area contributed by atoms with Gasteiger partial charge in [0.1, 0.15) is 0 Å². The highest BCUT2D eigenvalue weighted by atomic mass is 16.3. The number of hydrogen-bond acceptors (Lipinski definition) is 3. The standard InChI is InChI=1S/C11H24N2O2/c1-8(2)10(14)7-13-11(15)5-6-12-9(3)4/h8-10,12,14H,5-7H2,1-4H3,(H,13,15). The number of rotatable bonds is 7. The van der Waals surface area contributed by atoms with Crippen LogP contribution in [-0.4, -0.2) is 36.2 Å². The summed E-state index contributed by atoms with van der Waals surface area (Å²) in [5.41, 5.74) is 0. The van der Waals surface area contributed by atoms with Crippen molar-refractivity contribution in [3.63, 3.8) is 0 Å². The van der Waals surface area contributed by atoms with Crippen molar-refractivity contribution in [3.05, 3.63) is 0 Å². The van der Waals surface area contributed by atoms with E-state index in [1.165, 1.54) is 0 Å². The molecule has 1 amide bonds. The molecule has 3 N–H and O–H groups in total. The number of aliphatic hydroxyl groups is 1. The molecule has 0 saturated carbocycles. The van der Waals surface area contributed by atoms with Crippen LogP contribution in [0.3, 0.4) is 0 Å². The lowest BCUT2D eigenvalue weighted by Crippen LogP contribution is -2.36. The topological polar surface area (TPSA) is 61.4 Å². The lowest BCUT2D eigenvalue weighted by Gasteiger charge is -2.15. The maximum absolute atomic E-state index is 11.3. The van der Waals surface area contributed by atoms with E-state index in [1.54, 1.807) is 0 Å². The van der Waals surface area contributed by atoms with Crippen molar-refractivity contribution >= 4 is 5.91 Å². The molecular formula is C11H24N2O2. The molecule has 0 aromatic rings. The van der Waals surface area contributed by atoms with Crippen LogP contribution in [0, 0.1) is 5.92 Å². The van der Waals surface area contributed by atoms with Crippen LogP contribution in [0.15, 0.2) is 0 Å². The first-order chi connectivity index (χ1) is 6.93. The quantitative estimate of drug-likeness (QED) is 0.581. The molecule has 0 aromatic heterocycles. The number of carbonyl (C=O) groups is 1. The van der Waals surface area contributed by atoms with Crippen LogP contribution in [0.25, 0.3) is 0 Å². The Labute approximate surface area is 92.4 Å². The minimum absolute atomic E-state index is 0.0112. The third-order valence-corrected chi connectivity index (χ3v) is 2.18. The maximum atomic E-state index is 11.3. The van der Waals surface area contributed by atoms with E-state index in [4.69, 9.17) is 0 Å². The van der Waals surface area contributed by atoms with Crippen LogP contribution in [0.5, 0.6) is 0 Å². The van der Waals surface area contributed by atoms with E-state index in [-0.39, 0.29) is 11.8 Å². The zero-order valence-electron chi connectivity index (χ0n) is 10.2. The van der Waals surface area contributed by atoms with Crippen LogP contribution in [-0.2, 0) is 4.79 Å². The van der Waals surface area contributed by atoms with E-state index in [0.29, 0.717) is 25.6 Å². The first-order valence-electron chi connectivity index (χ1n) is 5.61. The lowest BCUT2D eigenvalue weighted by atomic mass is 10.1. The summed E-state index contributed by atoms with van der Waals surface area (Å²) in [5, 5.41) is 15.3. The molecule has 4 heteroatoms. The van der Waals surface area contributed by atoms with Crippen molar-refractivity contribution in [1.82, 2.24) is 10.6 Å². The van der Waals surface area contributed by atoms with Gasteiger partial charge in [-0.3, -0.25) is 4.79 Å². The highest BCUT2D eigenvalue weighted by Crippen LogP contribution is 1.98. The molecule has 0 saturated heterocycles. The van der Waals surface area contributed by atoms with E-state index >= 15 is 0 Å². The number of carbonyl (C=O) groups excluding carboxylic acids is 1. The third-order valence-electron chi connectivity index (χ3n) is 2.18. The van der Waals surface area contributed by atoms with Gasteiger partial charge in [-0.05, 0) is 5.92 Å². The summed E-state index contributed by atoms with van der Waals surface area (Å²) in [4.78, 5) is 11.3. The Hall–Kier alpha value is -0.610. The van der Waals surface area contributed by atoms with Gasteiger partial charge in [-0.1, -0.05) is 27.7 Å².